The molecule has 1 N–H and O–H groups in total. The number of fused-ring (bicyclic) bond motifs is 1. The van der Waals surface area contributed by atoms with E-state index >= 15 is 0 Å². The molecule has 8 heteroatoms. The maximum atomic E-state index is 13.4. The Morgan fingerprint density at radius 2 is 1.69 bits per heavy atom. The van der Waals surface area contributed by atoms with Crippen molar-refractivity contribution < 1.29 is 19.0 Å². The minimum absolute atomic E-state index is 0.322. The molecule has 0 spiro atoms. The van der Waals surface area contributed by atoms with E-state index in [2.05, 4.69) is 40.6 Å². The van der Waals surface area contributed by atoms with E-state index in [-0.39, 0.29) is 5.91 Å². The van der Waals surface area contributed by atoms with Gasteiger partial charge in [0.1, 0.15) is 11.3 Å². The molecule has 39 heavy (non-hydrogen) atoms. The van der Waals surface area contributed by atoms with Gasteiger partial charge in [0, 0.05) is 46.9 Å². The third kappa shape index (κ3) is 4.65. The van der Waals surface area contributed by atoms with Gasteiger partial charge in [0.15, 0.2) is 11.5 Å². The number of hydrogen-bond acceptors (Lipinski definition) is 6. The average molecular weight is 521 g/mol. The number of anilines is 1. The van der Waals surface area contributed by atoms with Gasteiger partial charge in [0.05, 0.1) is 33.2 Å². The molecule has 1 aliphatic carbocycles. The Balaban J connectivity index is 1.36. The Morgan fingerprint density at radius 3 is 2.41 bits per heavy atom. The number of carbonyl (C=O) groups excluding carboxylic acids is 1. The minimum atomic E-state index is -0.322. The first-order valence-corrected chi connectivity index (χ1v) is 12.7. The number of carbonyl (C=O) groups is 1. The summed E-state index contributed by atoms with van der Waals surface area (Å²) in [6.45, 7) is 0. The second kappa shape index (κ2) is 10.1. The minimum Gasteiger partial charge on any atom is -0.493 e. The molecule has 3 aromatic heterocycles. The van der Waals surface area contributed by atoms with Crippen LogP contribution in [0.1, 0.15) is 34.8 Å². The highest BCUT2D eigenvalue weighted by molar-refractivity contribution is 6.04. The molecule has 196 valence electrons. The van der Waals surface area contributed by atoms with E-state index in [1.54, 1.807) is 22.7 Å². The second-order valence-corrected chi connectivity index (χ2v) is 9.46. The quantitative estimate of drug-likeness (QED) is 0.261. The van der Waals surface area contributed by atoms with Gasteiger partial charge in [-0.25, -0.2) is 4.98 Å². The van der Waals surface area contributed by atoms with E-state index in [0.29, 0.717) is 40.2 Å². The standard InChI is InChI=1S/C31H28N4O4/c1-37-26-15-23(16-27(38-2)30(26)39-3)34-31(36)25-17-33-28-12-11-22(18-35(25)28)24-8-5-13-32-29(24)21-7-4-6-20(14-21)19-9-10-19/h4-8,11-19H,9-10H2,1-3H3,(H,34,36). The first-order valence-electron chi connectivity index (χ1n) is 12.7. The summed E-state index contributed by atoms with van der Waals surface area (Å²) in [5, 5.41) is 2.93. The Kier molecular flexibility index (Phi) is 6.36. The number of nitrogens with one attached hydrogen (secondary N) is 1. The van der Waals surface area contributed by atoms with Gasteiger partial charge in [0.2, 0.25) is 5.75 Å². The van der Waals surface area contributed by atoms with E-state index in [4.69, 9.17) is 19.2 Å². The first-order chi connectivity index (χ1) is 19.1. The summed E-state index contributed by atoms with van der Waals surface area (Å²) in [5.74, 6) is 1.68. The monoisotopic (exact) mass is 520 g/mol. The van der Waals surface area contributed by atoms with Gasteiger partial charge in [-0.3, -0.25) is 14.2 Å². The molecule has 5 aromatic rings. The summed E-state index contributed by atoms with van der Waals surface area (Å²) >= 11 is 0. The SMILES string of the molecule is COc1cc(NC(=O)c2cnc3ccc(-c4cccnc4-c4cccc(C5CC5)c4)cn23)cc(OC)c1OC. The fourth-order valence-electron chi connectivity index (χ4n) is 4.88. The molecular weight excluding hydrogens is 492 g/mol. The van der Waals surface area contributed by atoms with Crippen molar-refractivity contribution in [2.45, 2.75) is 18.8 Å². The average Bonchev–Trinajstić information content (AvgIpc) is 3.75. The predicted octanol–water partition coefficient (Wildman–Crippen LogP) is 6.22. The summed E-state index contributed by atoms with van der Waals surface area (Å²) in [6.07, 6.45) is 7.80. The highest BCUT2D eigenvalue weighted by atomic mass is 16.5. The fraction of sp³-hybridized carbons (Fsp3) is 0.194. The van der Waals surface area contributed by atoms with Crippen LogP contribution < -0.4 is 19.5 Å². The lowest BCUT2D eigenvalue weighted by Crippen LogP contribution is -2.14. The zero-order valence-corrected chi connectivity index (χ0v) is 22.0. The molecule has 3 heterocycles. The van der Waals surface area contributed by atoms with E-state index < -0.39 is 0 Å². The molecule has 1 fully saturated rings. The lowest BCUT2D eigenvalue weighted by atomic mass is 9.98. The van der Waals surface area contributed by atoms with Crippen LogP contribution in [0, 0.1) is 0 Å². The van der Waals surface area contributed by atoms with Crippen LogP contribution in [-0.4, -0.2) is 41.6 Å². The molecule has 2 aromatic carbocycles. The molecule has 0 atom stereocenters. The van der Waals surface area contributed by atoms with Gasteiger partial charge in [-0.15, -0.1) is 0 Å². The summed E-state index contributed by atoms with van der Waals surface area (Å²) in [4.78, 5) is 22.6. The van der Waals surface area contributed by atoms with Crippen molar-refractivity contribution in [1.82, 2.24) is 14.4 Å². The van der Waals surface area contributed by atoms with E-state index in [1.807, 2.05) is 30.6 Å². The number of aromatic nitrogens is 3. The van der Waals surface area contributed by atoms with Crippen LogP contribution >= 0.6 is 0 Å². The normalized spacial score (nSPS) is 12.8. The Morgan fingerprint density at radius 1 is 0.897 bits per heavy atom. The summed E-state index contributed by atoms with van der Waals surface area (Å²) in [5.41, 5.74) is 6.82. The third-order valence-electron chi connectivity index (χ3n) is 6.99. The number of imidazole rings is 1. The van der Waals surface area contributed by atoms with E-state index in [9.17, 15) is 4.79 Å². The van der Waals surface area contributed by atoms with E-state index in [1.165, 1.54) is 39.7 Å². The number of pyridine rings is 2. The van der Waals surface area contributed by atoms with E-state index in [0.717, 1.165) is 22.4 Å². The number of methoxy groups -OCH3 is 3. The van der Waals surface area contributed by atoms with Crippen molar-refractivity contribution in [2.24, 2.45) is 0 Å². The molecule has 1 amide bonds. The second-order valence-electron chi connectivity index (χ2n) is 9.46. The van der Waals surface area contributed by atoms with Crippen molar-refractivity contribution in [3.63, 3.8) is 0 Å². The number of hydrogen-bond donors (Lipinski definition) is 1. The molecule has 0 radical (unpaired) electrons. The van der Waals surface area contributed by atoms with Crippen molar-refractivity contribution in [2.75, 3.05) is 26.6 Å². The first kappa shape index (κ1) is 24.5. The maximum Gasteiger partial charge on any atom is 0.274 e. The molecule has 0 aliphatic heterocycles. The highest BCUT2D eigenvalue weighted by Gasteiger charge is 2.24. The number of benzene rings is 2. The summed E-state index contributed by atoms with van der Waals surface area (Å²) in [7, 11) is 4.60. The molecule has 8 nitrogen and oxygen atoms in total. The Labute approximate surface area is 226 Å². The molecular formula is C31H28N4O4. The molecule has 0 unspecified atom stereocenters. The molecule has 0 bridgehead atoms. The third-order valence-corrected chi connectivity index (χ3v) is 6.99. The maximum absolute atomic E-state index is 13.4. The zero-order chi connectivity index (χ0) is 26.9. The molecule has 1 aliphatic rings. The van der Waals surface area contributed by atoms with Crippen LogP contribution in [0.15, 0.2) is 79.3 Å². The van der Waals surface area contributed by atoms with Crippen LogP contribution in [0.5, 0.6) is 17.2 Å². The highest BCUT2D eigenvalue weighted by Crippen LogP contribution is 2.42. The van der Waals surface area contributed by atoms with Crippen molar-refractivity contribution in [1.29, 1.82) is 0 Å². The summed E-state index contributed by atoms with van der Waals surface area (Å²) in [6, 6.07) is 19.9. The number of nitrogens with zero attached hydrogens (tertiary/aromatic N) is 3. The molecule has 1 saturated carbocycles. The van der Waals surface area contributed by atoms with Crippen molar-refractivity contribution in [3.05, 3.63) is 90.5 Å². The molecule has 6 rings (SSSR count). The predicted molar refractivity (Wildman–Crippen MR) is 150 cm³/mol. The van der Waals surface area contributed by atoms with Crippen molar-refractivity contribution in [3.8, 4) is 39.6 Å². The number of ether oxygens (including phenoxy) is 3. The smallest absolute Gasteiger partial charge is 0.274 e. The lowest BCUT2D eigenvalue weighted by Gasteiger charge is -2.14. The largest absolute Gasteiger partial charge is 0.493 e. The van der Waals surface area contributed by atoms with Crippen LogP contribution in [0.25, 0.3) is 28.0 Å². The topological polar surface area (TPSA) is 87.0 Å². The van der Waals surface area contributed by atoms with Crippen LogP contribution in [0.4, 0.5) is 5.69 Å². The van der Waals surface area contributed by atoms with Gasteiger partial charge in [0.25, 0.3) is 5.91 Å². The Bertz CT molecular complexity index is 1660. The molecule has 0 saturated heterocycles. The van der Waals surface area contributed by atoms with Crippen molar-refractivity contribution >= 4 is 17.2 Å². The summed E-state index contributed by atoms with van der Waals surface area (Å²) < 4.78 is 18.0. The lowest BCUT2D eigenvalue weighted by molar-refractivity contribution is 0.102. The number of rotatable bonds is 8. The Hall–Kier alpha value is -4.85. The van der Waals surface area contributed by atoms with Crippen LogP contribution in [-0.2, 0) is 0 Å². The zero-order valence-electron chi connectivity index (χ0n) is 22.0. The van der Waals surface area contributed by atoms with Gasteiger partial charge in [-0.1, -0.05) is 24.3 Å². The number of amides is 1. The van der Waals surface area contributed by atoms with Gasteiger partial charge >= 0.3 is 0 Å². The van der Waals surface area contributed by atoms with Gasteiger partial charge < -0.3 is 19.5 Å². The van der Waals surface area contributed by atoms with Gasteiger partial charge in [-0.05, 0) is 48.6 Å². The van der Waals surface area contributed by atoms with Gasteiger partial charge in [-0.2, -0.15) is 0 Å². The van der Waals surface area contributed by atoms with Crippen LogP contribution in [0.2, 0.25) is 0 Å². The fourth-order valence-corrected chi connectivity index (χ4v) is 4.88. The van der Waals surface area contributed by atoms with Crippen LogP contribution in [0.3, 0.4) is 0 Å².